The van der Waals surface area contributed by atoms with Gasteiger partial charge in [-0.15, -0.1) is 12.6 Å². The highest BCUT2D eigenvalue weighted by atomic mass is 32.1. The van der Waals surface area contributed by atoms with E-state index in [1.807, 2.05) is 36.4 Å². The molecule has 2 rings (SSSR count). The molecule has 1 aromatic carbocycles. The van der Waals surface area contributed by atoms with E-state index in [9.17, 15) is 0 Å². The van der Waals surface area contributed by atoms with Crippen molar-refractivity contribution in [2.75, 3.05) is 0 Å². The Bertz CT molecular complexity index is 452. The molecule has 2 aromatic rings. The molecule has 0 aliphatic heterocycles. The van der Waals surface area contributed by atoms with E-state index in [1.54, 1.807) is 6.07 Å². The summed E-state index contributed by atoms with van der Waals surface area (Å²) in [6, 6.07) is 13.4. The van der Waals surface area contributed by atoms with Gasteiger partial charge < -0.3 is 0 Å². The minimum atomic E-state index is 0.527. The summed E-state index contributed by atoms with van der Waals surface area (Å²) >= 11 is 4.36. The number of pyridine rings is 1. The maximum Gasteiger partial charge on any atom is 0.0716 e. The van der Waals surface area contributed by atoms with Gasteiger partial charge in [0, 0.05) is 23.1 Å². The molecular weight excluding hydrogens is 190 g/mol. The average Bonchev–Trinajstić information content (AvgIpc) is 2.18. The molecule has 0 bridgehead atoms. The molecule has 68 valence electrons. The molecule has 0 atom stereocenters. The van der Waals surface area contributed by atoms with Gasteiger partial charge in [0.1, 0.15) is 0 Å². The van der Waals surface area contributed by atoms with Gasteiger partial charge in [0.05, 0.1) is 5.69 Å². The van der Waals surface area contributed by atoms with Gasteiger partial charge >= 0.3 is 0 Å². The van der Waals surface area contributed by atoms with Crippen LogP contribution in [0.2, 0.25) is 0 Å². The van der Waals surface area contributed by atoms with Crippen LogP contribution in [0.4, 0.5) is 0 Å². The van der Waals surface area contributed by atoms with Gasteiger partial charge in [-0.2, -0.15) is 0 Å². The van der Waals surface area contributed by atoms with Gasteiger partial charge in [-0.1, -0.05) is 24.3 Å². The Balaban J connectivity index is 2.55. The highest BCUT2D eigenvalue weighted by Gasteiger charge is 2.01. The molecular formula is C12H9NS. The third-order valence-corrected chi connectivity index (χ3v) is 2.34. The number of nitrogens with zero attached hydrogens (tertiary/aromatic N) is 1. The predicted octanol–water partition coefficient (Wildman–Crippen LogP) is 3.10. The van der Waals surface area contributed by atoms with Crippen LogP contribution in [0, 0.1) is 6.92 Å². The predicted molar refractivity (Wildman–Crippen MR) is 60.3 cm³/mol. The van der Waals surface area contributed by atoms with Gasteiger partial charge in [-0.25, -0.2) is 0 Å². The number of thiol groups is 1. The van der Waals surface area contributed by atoms with E-state index in [1.165, 1.54) is 0 Å². The first-order chi connectivity index (χ1) is 6.77. The molecule has 0 fully saturated rings. The Kier molecular flexibility index (Phi) is 2.55. The topological polar surface area (TPSA) is 12.9 Å². The molecule has 2 radical (unpaired) electrons. The maximum atomic E-state index is 5.61. The minimum Gasteiger partial charge on any atom is -0.252 e. The number of aromatic nitrogens is 1. The Morgan fingerprint density at radius 2 is 1.79 bits per heavy atom. The molecule has 0 saturated carbocycles. The third kappa shape index (κ3) is 1.80. The van der Waals surface area contributed by atoms with Crippen molar-refractivity contribution in [3.63, 3.8) is 0 Å². The SMILES string of the molecule is [CH]c1cccc(-c2ccccc2S)n1. The third-order valence-electron chi connectivity index (χ3n) is 1.95. The summed E-state index contributed by atoms with van der Waals surface area (Å²) in [4.78, 5) is 5.14. The molecule has 0 spiro atoms. The molecule has 1 heterocycles. The van der Waals surface area contributed by atoms with Crippen LogP contribution in [0.25, 0.3) is 11.3 Å². The van der Waals surface area contributed by atoms with Crippen molar-refractivity contribution in [1.29, 1.82) is 0 Å². The Morgan fingerprint density at radius 3 is 2.50 bits per heavy atom. The summed E-state index contributed by atoms with van der Waals surface area (Å²) in [5.74, 6) is 0. The highest BCUT2D eigenvalue weighted by Crippen LogP contribution is 2.24. The van der Waals surface area contributed by atoms with Crippen LogP contribution >= 0.6 is 12.6 Å². The van der Waals surface area contributed by atoms with Gasteiger partial charge in [0.2, 0.25) is 0 Å². The average molecular weight is 199 g/mol. The Hall–Kier alpha value is -1.28. The summed E-state index contributed by atoms with van der Waals surface area (Å²) in [6.45, 7) is 5.61. The van der Waals surface area contributed by atoms with Crippen LogP contribution in [0.5, 0.6) is 0 Å². The van der Waals surface area contributed by atoms with Crippen LogP contribution in [-0.4, -0.2) is 4.98 Å². The molecule has 0 unspecified atom stereocenters. The molecule has 0 N–H and O–H groups in total. The zero-order valence-electron chi connectivity index (χ0n) is 7.51. The van der Waals surface area contributed by atoms with Crippen LogP contribution in [-0.2, 0) is 0 Å². The summed E-state index contributed by atoms with van der Waals surface area (Å²) in [6.07, 6.45) is 0. The second-order valence-corrected chi connectivity index (χ2v) is 3.45. The van der Waals surface area contributed by atoms with Crippen LogP contribution in [0.3, 0.4) is 0 Å². The maximum absolute atomic E-state index is 5.61. The van der Waals surface area contributed by atoms with E-state index in [2.05, 4.69) is 17.6 Å². The zero-order chi connectivity index (χ0) is 9.97. The summed E-state index contributed by atoms with van der Waals surface area (Å²) < 4.78 is 0. The number of hydrogen-bond donors (Lipinski definition) is 1. The first-order valence-corrected chi connectivity index (χ1v) is 4.73. The lowest BCUT2D eigenvalue weighted by Crippen LogP contribution is -1.86. The van der Waals surface area contributed by atoms with Gasteiger partial charge in [0.15, 0.2) is 0 Å². The van der Waals surface area contributed by atoms with E-state index >= 15 is 0 Å². The molecule has 14 heavy (non-hydrogen) atoms. The molecule has 1 nitrogen and oxygen atoms in total. The lowest BCUT2D eigenvalue weighted by molar-refractivity contribution is 1.25. The Labute approximate surface area is 89.2 Å². The van der Waals surface area contributed by atoms with Crippen LogP contribution < -0.4 is 0 Å². The monoisotopic (exact) mass is 199 g/mol. The number of hydrogen-bond acceptors (Lipinski definition) is 2. The Morgan fingerprint density at radius 1 is 1.00 bits per heavy atom. The van der Waals surface area contributed by atoms with Crippen molar-refractivity contribution in [2.45, 2.75) is 4.90 Å². The highest BCUT2D eigenvalue weighted by molar-refractivity contribution is 7.80. The number of benzene rings is 1. The standard InChI is InChI=1S/C12H9NS/c1-9-5-4-7-11(13-9)10-6-2-3-8-12(10)14/h1-8,14H. The van der Waals surface area contributed by atoms with Crippen LogP contribution in [0.1, 0.15) is 5.69 Å². The fraction of sp³-hybridized carbons (Fsp3) is 0. The molecule has 0 amide bonds. The fourth-order valence-corrected chi connectivity index (χ4v) is 1.57. The minimum absolute atomic E-state index is 0.527. The summed E-state index contributed by atoms with van der Waals surface area (Å²) in [5.41, 5.74) is 2.39. The van der Waals surface area contributed by atoms with Gasteiger partial charge in [0.25, 0.3) is 0 Å². The van der Waals surface area contributed by atoms with E-state index < -0.39 is 0 Å². The fourth-order valence-electron chi connectivity index (χ4n) is 1.29. The van der Waals surface area contributed by atoms with Crippen molar-refractivity contribution in [1.82, 2.24) is 4.98 Å². The van der Waals surface area contributed by atoms with Crippen molar-refractivity contribution in [3.05, 3.63) is 55.1 Å². The zero-order valence-corrected chi connectivity index (χ0v) is 8.41. The van der Waals surface area contributed by atoms with Gasteiger partial charge in [-0.05, 0) is 18.2 Å². The summed E-state index contributed by atoms with van der Waals surface area (Å²) in [5, 5.41) is 0. The van der Waals surface area contributed by atoms with Gasteiger partial charge in [-0.3, -0.25) is 4.98 Å². The molecule has 0 aliphatic carbocycles. The van der Waals surface area contributed by atoms with E-state index in [-0.39, 0.29) is 0 Å². The summed E-state index contributed by atoms with van der Waals surface area (Å²) in [7, 11) is 0. The molecule has 0 aliphatic rings. The first-order valence-electron chi connectivity index (χ1n) is 4.28. The number of rotatable bonds is 1. The van der Waals surface area contributed by atoms with Crippen molar-refractivity contribution in [3.8, 4) is 11.3 Å². The van der Waals surface area contributed by atoms with Crippen molar-refractivity contribution < 1.29 is 0 Å². The second kappa shape index (κ2) is 3.84. The van der Waals surface area contributed by atoms with E-state index in [0.717, 1.165) is 16.2 Å². The molecule has 0 saturated heterocycles. The van der Waals surface area contributed by atoms with E-state index in [4.69, 9.17) is 6.92 Å². The van der Waals surface area contributed by atoms with E-state index in [0.29, 0.717) is 5.69 Å². The lowest BCUT2D eigenvalue weighted by atomic mass is 10.1. The van der Waals surface area contributed by atoms with Crippen molar-refractivity contribution >= 4 is 12.6 Å². The van der Waals surface area contributed by atoms with Crippen LogP contribution in [0.15, 0.2) is 47.4 Å². The largest absolute Gasteiger partial charge is 0.252 e. The second-order valence-electron chi connectivity index (χ2n) is 2.96. The van der Waals surface area contributed by atoms with Crippen molar-refractivity contribution in [2.24, 2.45) is 0 Å². The quantitative estimate of drug-likeness (QED) is 0.696. The molecule has 2 heteroatoms. The normalized spacial score (nSPS) is 10.1. The first kappa shape index (κ1) is 9.28. The lowest BCUT2D eigenvalue weighted by Gasteiger charge is -2.04. The smallest absolute Gasteiger partial charge is 0.0716 e. The molecule has 1 aromatic heterocycles.